The fourth-order valence-electron chi connectivity index (χ4n) is 5.32. The van der Waals surface area contributed by atoms with Crippen LogP contribution in [0.1, 0.15) is 91.4 Å². The molecule has 57 heavy (non-hydrogen) atoms. The van der Waals surface area contributed by atoms with Crippen LogP contribution in [0.3, 0.4) is 0 Å². The monoisotopic (exact) mass is 863 g/mol. The molecular formula is C34H67F5LiNO15S. The number of halogens is 5. The van der Waals surface area contributed by atoms with Crippen LogP contribution >= 0.6 is 11.4 Å². The van der Waals surface area contributed by atoms with E-state index in [1.807, 2.05) is 0 Å². The van der Waals surface area contributed by atoms with E-state index in [-0.39, 0.29) is 74.3 Å². The second kappa shape index (κ2) is 36.8. The Morgan fingerprint density at radius 1 is 0.737 bits per heavy atom. The van der Waals surface area contributed by atoms with Crippen molar-refractivity contribution in [2.45, 2.75) is 114 Å². The van der Waals surface area contributed by atoms with Crippen molar-refractivity contribution < 1.29 is 114 Å². The largest absolute Gasteiger partial charge is 1.00 e. The average molecular weight is 864 g/mol. The number of alkyl halides is 2. The first-order chi connectivity index (χ1) is 25.5. The number of aliphatic hydroxyl groups is 1. The van der Waals surface area contributed by atoms with Gasteiger partial charge in [-0.05, 0) is 91.4 Å². The number of carbonyl (C=O) groups excluding carboxylic acids is 2. The summed E-state index contributed by atoms with van der Waals surface area (Å²) in [5.74, 6) is -1.42. The van der Waals surface area contributed by atoms with Gasteiger partial charge in [-0.1, -0.05) is 0 Å². The minimum Gasteiger partial charge on any atom is -0.870 e. The Kier molecular flexibility index (Phi) is 41.9. The summed E-state index contributed by atoms with van der Waals surface area (Å²) in [5.41, 5.74) is -3.48. The summed E-state index contributed by atoms with van der Waals surface area (Å²) in [6, 6.07) is 0. The number of ketones is 2. The number of carbonyl (C=O) groups is 3. The summed E-state index contributed by atoms with van der Waals surface area (Å²) in [5, 5.41) is 29.6. The summed E-state index contributed by atoms with van der Waals surface area (Å²) in [6.45, 7) is 5.57. The van der Waals surface area contributed by atoms with Crippen LogP contribution in [0.5, 0.6) is 0 Å². The van der Waals surface area contributed by atoms with Crippen molar-refractivity contribution in [2.75, 3.05) is 86.9 Å². The number of ether oxygens (including phenoxy) is 6. The summed E-state index contributed by atoms with van der Waals surface area (Å²) in [7, 11) is 2.75. The van der Waals surface area contributed by atoms with Gasteiger partial charge in [-0.2, -0.15) is 4.31 Å². The van der Waals surface area contributed by atoms with Crippen LogP contribution in [0.15, 0.2) is 0 Å². The van der Waals surface area contributed by atoms with Gasteiger partial charge in [0.1, 0.15) is 19.0 Å². The summed E-state index contributed by atoms with van der Waals surface area (Å²) < 4.78 is 91.6. The van der Waals surface area contributed by atoms with E-state index >= 15 is 0 Å². The predicted octanol–water partition coefficient (Wildman–Crippen LogP) is 2.13. The number of rotatable bonds is 13. The van der Waals surface area contributed by atoms with E-state index in [4.69, 9.17) is 39.7 Å². The van der Waals surface area contributed by atoms with Gasteiger partial charge in [0.2, 0.25) is 0 Å². The van der Waals surface area contributed by atoms with E-state index in [0.717, 1.165) is 45.1 Å². The first-order valence-electron chi connectivity index (χ1n) is 17.9. The molecule has 4 unspecified atom stereocenters. The van der Waals surface area contributed by atoms with E-state index in [1.54, 1.807) is 0 Å². The molecule has 0 aliphatic carbocycles. The van der Waals surface area contributed by atoms with E-state index in [9.17, 15) is 34.8 Å². The molecule has 0 aromatic heterocycles. The average Bonchev–Trinajstić information content (AvgIpc) is 3.67. The molecule has 4 atom stereocenters. The van der Waals surface area contributed by atoms with Gasteiger partial charge in [0, 0.05) is 53.7 Å². The van der Waals surface area contributed by atoms with Crippen LogP contribution in [-0.2, 0) is 42.8 Å². The van der Waals surface area contributed by atoms with Crippen molar-refractivity contribution in [3.8, 4) is 0 Å². The van der Waals surface area contributed by atoms with Crippen molar-refractivity contribution >= 4 is 28.9 Å². The molecule has 23 heteroatoms. The molecule has 0 aromatic carbocycles. The molecule has 0 spiro atoms. The van der Waals surface area contributed by atoms with Gasteiger partial charge in [-0.15, -0.1) is 11.7 Å². The molecule has 4 heterocycles. The van der Waals surface area contributed by atoms with E-state index in [1.165, 1.54) is 40.9 Å². The van der Waals surface area contributed by atoms with Crippen LogP contribution in [-0.4, -0.2) is 163 Å². The summed E-state index contributed by atoms with van der Waals surface area (Å²) in [6.07, 6.45) is 9.93. The third-order valence-corrected chi connectivity index (χ3v) is 9.91. The molecule has 4 aliphatic heterocycles. The van der Waals surface area contributed by atoms with E-state index in [0.29, 0.717) is 49.5 Å². The van der Waals surface area contributed by atoms with Crippen molar-refractivity contribution in [3.05, 3.63) is 0 Å². The summed E-state index contributed by atoms with van der Waals surface area (Å²) >= 11 is -5.14. The third-order valence-electron chi connectivity index (χ3n) is 8.96. The number of hydrogen-bond acceptors (Lipinski definition) is 14. The molecular weight excluding hydrogens is 796 g/mol. The number of hydrogen-bond donors (Lipinski definition) is 4. The number of aliphatic carboxylic acids is 1. The number of methoxy groups -OCH3 is 2. The molecule has 7 N–H and O–H groups in total. The Hall–Kier alpha value is -1.07. The van der Waals surface area contributed by atoms with Crippen LogP contribution in [0.25, 0.3) is 0 Å². The van der Waals surface area contributed by atoms with Crippen molar-refractivity contribution in [3.63, 3.8) is 0 Å². The molecule has 16 nitrogen and oxygen atoms in total. The van der Waals surface area contributed by atoms with Crippen LogP contribution in [0.4, 0.5) is 20.4 Å². The Morgan fingerprint density at radius 3 is 1.28 bits per heavy atom. The van der Waals surface area contributed by atoms with Crippen LogP contribution in [0.2, 0.25) is 0 Å². The SMILES string of the molecule is CC(=O)C1(CF)CCCCO1.CC(=O)C1(CO)CCCCO1.CC1CCCO1.COCCN(CCOC)S(F)(F)F.O.O=C(O)C1(CF)CCCCO1.OO.[Li+].[OH-]. The first-order valence-corrected chi connectivity index (χ1v) is 19.2. The Labute approximate surface area is 347 Å². The number of Topliss-reactive ketones (excluding diaryl/α,β-unsaturated/α-hetero) is 2. The predicted molar refractivity (Wildman–Crippen MR) is 197 cm³/mol. The van der Waals surface area contributed by atoms with Crippen LogP contribution < -0.4 is 18.9 Å². The zero-order chi connectivity index (χ0) is 41.7. The maximum Gasteiger partial charge on any atom is 1.00 e. The maximum absolute atomic E-state index is 12.4. The zero-order valence-electron chi connectivity index (χ0n) is 34.3. The van der Waals surface area contributed by atoms with Gasteiger partial charge in [-0.3, -0.25) is 20.1 Å². The molecule has 0 radical (unpaired) electrons. The van der Waals surface area contributed by atoms with Gasteiger partial charge in [-0.25, -0.2) is 13.6 Å². The fourth-order valence-corrected chi connectivity index (χ4v) is 5.89. The van der Waals surface area contributed by atoms with Gasteiger partial charge in [0.25, 0.3) is 11.4 Å². The molecule has 0 saturated carbocycles. The molecule has 0 amide bonds. The minimum absolute atomic E-state index is 0. The second-order valence-corrected chi connectivity index (χ2v) is 14.1. The minimum atomic E-state index is -5.14. The number of nitrogens with zero attached hydrogens (tertiary/aromatic N) is 1. The van der Waals surface area contributed by atoms with Crippen molar-refractivity contribution in [2.24, 2.45) is 0 Å². The van der Waals surface area contributed by atoms with Gasteiger partial charge < -0.3 is 49.6 Å². The third kappa shape index (κ3) is 26.0. The zero-order valence-corrected chi connectivity index (χ0v) is 35.1. The van der Waals surface area contributed by atoms with Crippen molar-refractivity contribution in [1.82, 2.24) is 4.31 Å². The molecule has 4 aliphatic rings. The molecule has 0 bridgehead atoms. The molecule has 340 valence electrons. The Morgan fingerprint density at radius 2 is 1.12 bits per heavy atom. The second-order valence-electron chi connectivity index (χ2n) is 12.9. The Bertz CT molecular complexity index is 894. The maximum atomic E-state index is 12.4. The Balaban J connectivity index is -0.000000195. The molecule has 4 fully saturated rings. The van der Waals surface area contributed by atoms with Crippen molar-refractivity contribution in [1.29, 1.82) is 0 Å². The molecule has 4 saturated heterocycles. The molecule has 4 rings (SSSR count). The summed E-state index contributed by atoms with van der Waals surface area (Å²) in [4.78, 5) is 32.6. The van der Waals surface area contributed by atoms with Gasteiger partial charge >= 0.3 is 24.8 Å². The number of aliphatic hydroxyl groups excluding tert-OH is 1. The first kappa shape index (κ1) is 65.1. The van der Waals surface area contributed by atoms with Gasteiger partial charge in [0.05, 0.1) is 25.9 Å². The smallest absolute Gasteiger partial charge is 0.870 e. The molecule has 0 aromatic rings. The topological polar surface area (TPSA) is 252 Å². The standard InChI is InChI=1S/C8H13FO2.C8H14O3.C7H11FO3.C6H14F3NO2S.C5H10O.Li.H2O2.2H2O/c2*1-7(10)8(6-9)4-2-3-5-11-8;8-5-7(6(9)10)3-1-2-4-11-7;1-11-5-3-10(4-6-12-2)13(7,8)9;1-5-3-2-4-6-5;;1-2;;/h2-6H2,1H3;9H,2-6H2,1H3;1-5H2,(H,9,10);3-6H2,1-2H3;5H,2-4H2,1H3;;1-2H;2*1H2/q;;;;;+1;;;/p-1. The quantitative estimate of drug-likeness (QED) is 0.0896. The van der Waals surface area contributed by atoms with Crippen LogP contribution in [0, 0.1) is 0 Å². The number of carboxylic acids is 1. The van der Waals surface area contributed by atoms with E-state index in [2.05, 4.69) is 16.4 Å². The number of carboxylic acid groups (broad SMARTS) is 1. The normalized spacial score (nSPS) is 25.3. The van der Waals surface area contributed by atoms with E-state index < -0.39 is 47.5 Å². The van der Waals surface area contributed by atoms with Gasteiger partial charge in [0.15, 0.2) is 22.8 Å². The fraction of sp³-hybridized carbons (Fsp3) is 0.912.